The van der Waals surface area contributed by atoms with Gasteiger partial charge in [-0.15, -0.1) is 35.3 Å². The van der Waals surface area contributed by atoms with Crippen LogP contribution in [0, 0.1) is 6.92 Å². The van der Waals surface area contributed by atoms with E-state index in [1.807, 2.05) is 6.07 Å². The number of thiophene rings is 1. The van der Waals surface area contributed by atoms with Gasteiger partial charge in [-0.2, -0.15) is 0 Å². The van der Waals surface area contributed by atoms with E-state index in [9.17, 15) is 0 Å². The van der Waals surface area contributed by atoms with E-state index >= 15 is 0 Å². The first kappa shape index (κ1) is 18.2. The van der Waals surface area contributed by atoms with Crippen LogP contribution in [-0.4, -0.2) is 18.0 Å². The fraction of sp³-hybridized carbons (Fsp3) is 0.286. The fourth-order valence-corrected chi connectivity index (χ4v) is 2.61. The van der Waals surface area contributed by atoms with Gasteiger partial charge in [0.25, 0.3) is 0 Å². The molecule has 0 bridgehead atoms. The summed E-state index contributed by atoms with van der Waals surface area (Å²) in [6.07, 6.45) is 1.76. The van der Waals surface area contributed by atoms with Crippen LogP contribution < -0.4 is 10.6 Å². The minimum atomic E-state index is 0. The number of nitrogens with one attached hydrogen (secondary N) is 2. The Morgan fingerprint density at radius 2 is 2.00 bits per heavy atom. The molecule has 7 heteroatoms. The molecule has 2 heterocycles. The SMILES string of the molecule is CN=C(NCc1ccc(Cl)nc1)NCc1ccc(C)s1.I. The van der Waals surface area contributed by atoms with Crippen molar-refractivity contribution in [2.45, 2.75) is 20.0 Å². The zero-order valence-electron chi connectivity index (χ0n) is 11.9. The smallest absolute Gasteiger partial charge is 0.191 e. The van der Waals surface area contributed by atoms with Crippen LogP contribution in [0.1, 0.15) is 15.3 Å². The lowest BCUT2D eigenvalue weighted by Gasteiger charge is -2.11. The molecule has 21 heavy (non-hydrogen) atoms. The number of pyridine rings is 1. The van der Waals surface area contributed by atoms with E-state index in [2.05, 4.69) is 39.7 Å². The van der Waals surface area contributed by atoms with E-state index in [1.54, 1.807) is 30.6 Å². The van der Waals surface area contributed by atoms with Crippen molar-refractivity contribution >= 4 is 52.9 Å². The Morgan fingerprint density at radius 1 is 1.24 bits per heavy atom. The molecule has 0 aliphatic rings. The summed E-state index contributed by atoms with van der Waals surface area (Å²) in [5.41, 5.74) is 1.06. The minimum absolute atomic E-state index is 0. The number of guanidine groups is 1. The summed E-state index contributed by atoms with van der Waals surface area (Å²) in [7, 11) is 1.76. The molecule has 2 rings (SSSR count). The zero-order valence-corrected chi connectivity index (χ0v) is 15.8. The molecule has 0 atom stereocenters. The Kier molecular flexibility index (Phi) is 7.98. The molecule has 0 amide bonds. The first-order valence-corrected chi connectivity index (χ1v) is 7.47. The Hall–Kier alpha value is -0.860. The lowest BCUT2D eigenvalue weighted by Crippen LogP contribution is -2.36. The maximum Gasteiger partial charge on any atom is 0.191 e. The van der Waals surface area contributed by atoms with Gasteiger partial charge in [0.2, 0.25) is 0 Å². The number of halogens is 2. The topological polar surface area (TPSA) is 49.3 Å². The van der Waals surface area contributed by atoms with Crippen LogP contribution in [0.4, 0.5) is 0 Å². The maximum atomic E-state index is 5.75. The zero-order chi connectivity index (χ0) is 14.4. The molecule has 0 spiro atoms. The third kappa shape index (κ3) is 6.19. The van der Waals surface area contributed by atoms with Gasteiger partial charge in [-0.1, -0.05) is 17.7 Å². The second-order valence-corrected chi connectivity index (χ2v) is 6.04. The number of hydrogen-bond donors (Lipinski definition) is 2. The van der Waals surface area contributed by atoms with Gasteiger partial charge in [-0.25, -0.2) is 4.98 Å². The standard InChI is InChI=1S/C14H17ClN4S.HI/c1-10-3-5-12(20-10)9-19-14(16-2)18-8-11-4-6-13(15)17-7-11;/h3-7H,8-9H2,1-2H3,(H2,16,18,19);1H. The molecule has 2 aromatic heterocycles. The van der Waals surface area contributed by atoms with Gasteiger partial charge in [0.15, 0.2) is 5.96 Å². The van der Waals surface area contributed by atoms with Crippen LogP contribution in [0.25, 0.3) is 0 Å². The molecular formula is C14H18ClIN4S. The van der Waals surface area contributed by atoms with Gasteiger partial charge in [-0.05, 0) is 30.7 Å². The number of aryl methyl sites for hydroxylation is 1. The quantitative estimate of drug-likeness (QED) is 0.333. The molecule has 114 valence electrons. The Labute approximate surface area is 151 Å². The van der Waals surface area contributed by atoms with Gasteiger partial charge < -0.3 is 10.6 Å². The largest absolute Gasteiger partial charge is 0.352 e. The van der Waals surface area contributed by atoms with Crippen molar-refractivity contribution in [1.29, 1.82) is 0 Å². The summed E-state index contributed by atoms with van der Waals surface area (Å²) < 4.78 is 0. The van der Waals surface area contributed by atoms with E-state index in [1.165, 1.54) is 9.75 Å². The van der Waals surface area contributed by atoms with Crippen molar-refractivity contribution in [3.05, 3.63) is 50.9 Å². The number of nitrogens with zero attached hydrogens (tertiary/aromatic N) is 2. The van der Waals surface area contributed by atoms with Crippen LogP contribution in [0.5, 0.6) is 0 Å². The molecule has 0 aromatic carbocycles. The van der Waals surface area contributed by atoms with Crippen molar-refractivity contribution in [2.24, 2.45) is 4.99 Å². The number of hydrogen-bond acceptors (Lipinski definition) is 3. The second kappa shape index (κ2) is 9.22. The van der Waals surface area contributed by atoms with Crippen LogP contribution in [-0.2, 0) is 13.1 Å². The highest BCUT2D eigenvalue weighted by atomic mass is 127. The number of aromatic nitrogens is 1. The highest BCUT2D eigenvalue weighted by Crippen LogP contribution is 2.14. The van der Waals surface area contributed by atoms with Crippen LogP contribution >= 0.6 is 46.9 Å². The van der Waals surface area contributed by atoms with Crippen molar-refractivity contribution in [3.63, 3.8) is 0 Å². The van der Waals surface area contributed by atoms with Crippen molar-refractivity contribution in [1.82, 2.24) is 15.6 Å². The van der Waals surface area contributed by atoms with E-state index in [4.69, 9.17) is 11.6 Å². The first-order chi connectivity index (χ1) is 9.67. The van der Waals surface area contributed by atoms with Crippen LogP contribution in [0.3, 0.4) is 0 Å². The highest BCUT2D eigenvalue weighted by Gasteiger charge is 2.01. The van der Waals surface area contributed by atoms with E-state index in [-0.39, 0.29) is 24.0 Å². The van der Waals surface area contributed by atoms with Gasteiger partial charge in [0.05, 0.1) is 6.54 Å². The summed E-state index contributed by atoms with van der Waals surface area (Å²) in [6, 6.07) is 7.97. The molecule has 2 aromatic rings. The number of aliphatic imine (C=N–C) groups is 1. The summed E-state index contributed by atoms with van der Waals surface area (Å²) in [6.45, 7) is 3.54. The third-order valence-electron chi connectivity index (χ3n) is 2.70. The predicted molar refractivity (Wildman–Crippen MR) is 101 cm³/mol. The normalized spacial score (nSPS) is 10.9. The van der Waals surface area contributed by atoms with Crippen molar-refractivity contribution < 1.29 is 0 Å². The monoisotopic (exact) mass is 436 g/mol. The van der Waals surface area contributed by atoms with Gasteiger partial charge in [-0.3, -0.25) is 4.99 Å². The molecule has 2 N–H and O–H groups in total. The van der Waals surface area contributed by atoms with E-state index < -0.39 is 0 Å². The van der Waals surface area contributed by atoms with E-state index in [0.29, 0.717) is 11.7 Å². The minimum Gasteiger partial charge on any atom is -0.352 e. The molecule has 0 aliphatic heterocycles. The molecule has 0 saturated heterocycles. The molecule has 0 radical (unpaired) electrons. The Bertz CT molecular complexity index is 583. The lowest BCUT2D eigenvalue weighted by atomic mass is 10.3. The molecular weight excluding hydrogens is 419 g/mol. The van der Waals surface area contributed by atoms with Gasteiger partial charge in [0.1, 0.15) is 5.15 Å². The highest BCUT2D eigenvalue weighted by molar-refractivity contribution is 14.0. The van der Waals surface area contributed by atoms with Gasteiger partial charge >= 0.3 is 0 Å². The second-order valence-electron chi connectivity index (χ2n) is 4.28. The van der Waals surface area contributed by atoms with Crippen molar-refractivity contribution in [3.8, 4) is 0 Å². The average Bonchev–Trinajstić information content (AvgIpc) is 2.87. The van der Waals surface area contributed by atoms with Crippen LogP contribution in [0.15, 0.2) is 35.5 Å². The summed E-state index contributed by atoms with van der Waals surface area (Å²) in [4.78, 5) is 10.8. The Morgan fingerprint density at radius 3 is 2.57 bits per heavy atom. The third-order valence-corrected chi connectivity index (χ3v) is 3.92. The average molecular weight is 437 g/mol. The van der Waals surface area contributed by atoms with E-state index in [0.717, 1.165) is 18.1 Å². The molecule has 4 nitrogen and oxygen atoms in total. The summed E-state index contributed by atoms with van der Waals surface area (Å²) >= 11 is 7.54. The molecule has 0 saturated carbocycles. The first-order valence-electron chi connectivity index (χ1n) is 6.27. The van der Waals surface area contributed by atoms with Gasteiger partial charge in [0, 0.05) is 29.5 Å². The van der Waals surface area contributed by atoms with Crippen LogP contribution in [0.2, 0.25) is 5.15 Å². The lowest BCUT2D eigenvalue weighted by molar-refractivity contribution is 0.813. The van der Waals surface area contributed by atoms with Crippen molar-refractivity contribution in [2.75, 3.05) is 7.05 Å². The molecule has 0 aliphatic carbocycles. The summed E-state index contributed by atoms with van der Waals surface area (Å²) in [5.74, 6) is 0.769. The Balaban J connectivity index is 0.00000220. The fourth-order valence-electron chi connectivity index (χ4n) is 1.67. The summed E-state index contributed by atoms with van der Waals surface area (Å²) in [5, 5.41) is 7.03. The number of rotatable bonds is 4. The molecule has 0 unspecified atom stereocenters. The molecule has 0 fully saturated rings. The maximum absolute atomic E-state index is 5.75. The predicted octanol–water partition coefficient (Wildman–Crippen LogP) is 3.59.